The van der Waals surface area contributed by atoms with Gasteiger partial charge in [-0.1, -0.05) is 6.07 Å². The lowest BCUT2D eigenvalue weighted by Crippen LogP contribution is -2.19. The molecule has 0 unspecified atom stereocenters. The molecular formula is C18H17FN2O2. The summed E-state index contributed by atoms with van der Waals surface area (Å²) in [6.07, 6.45) is 0.671. The number of rotatable bonds is 5. The maximum atomic E-state index is 12.2. The van der Waals surface area contributed by atoms with E-state index >= 15 is 0 Å². The SMILES string of the molecule is Cc1cc(-c2ccc3cc(OC[C@H](O)CF)ccc3n2)ccn1. The molecule has 2 aromatic heterocycles. The summed E-state index contributed by atoms with van der Waals surface area (Å²) in [5.74, 6) is 0.583. The standard InChI is InChI=1S/C18H17FN2O2/c1-12-8-14(6-7-20-12)17-4-2-13-9-16(3-5-18(13)21-17)23-11-15(22)10-19/h2-9,15,22H,10-11H2,1H3/t15-/m1/s1. The number of pyridine rings is 2. The van der Waals surface area contributed by atoms with Crippen LogP contribution in [0.25, 0.3) is 22.2 Å². The molecule has 0 bridgehead atoms. The number of benzene rings is 1. The summed E-state index contributed by atoms with van der Waals surface area (Å²) in [6, 6.07) is 13.3. The number of alkyl halides is 1. The fraction of sp³-hybridized carbons (Fsp3) is 0.222. The summed E-state index contributed by atoms with van der Waals surface area (Å²) in [6.45, 7) is 1.06. The molecule has 1 N–H and O–H groups in total. The quantitative estimate of drug-likeness (QED) is 0.785. The predicted molar refractivity (Wildman–Crippen MR) is 87.2 cm³/mol. The third-order valence-corrected chi connectivity index (χ3v) is 3.47. The minimum Gasteiger partial charge on any atom is -0.491 e. The molecule has 1 aromatic carbocycles. The Labute approximate surface area is 133 Å². The molecule has 0 fully saturated rings. The molecule has 3 aromatic rings. The Balaban J connectivity index is 1.87. The Morgan fingerprint density at radius 1 is 1.17 bits per heavy atom. The van der Waals surface area contributed by atoms with Crippen LogP contribution in [0.15, 0.2) is 48.7 Å². The van der Waals surface area contributed by atoms with E-state index in [1.54, 1.807) is 12.3 Å². The third-order valence-electron chi connectivity index (χ3n) is 3.47. The van der Waals surface area contributed by atoms with Gasteiger partial charge in [-0.2, -0.15) is 0 Å². The maximum absolute atomic E-state index is 12.2. The minimum absolute atomic E-state index is 0.0657. The maximum Gasteiger partial charge on any atom is 0.120 e. The van der Waals surface area contributed by atoms with E-state index in [4.69, 9.17) is 4.74 Å². The number of hydrogen-bond acceptors (Lipinski definition) is 4. The molecule has 0 spiro atoms. The monoisotopic (exact) mass is 312 g/mol. The van der Waals surface area contributed by atoms with Gasteiger partial charge in [0.15, 0.2) is 0 Å². The Kier molecular flexibility index (Phi) is 4.48. The Hall–Kier alpha value is -2.53. The molecule has 2 heterocycles. The van der Waals surface area contributed by atoms with Gasteiger partial charge in [0, 0.05) is 22.8 Å². The first-order valence-electron chi connectivity index (χ1n) is 7.36. The van der Waals surface area contributed by atoms with Gasteiger partial charge < -0.3 is 9.84 Å². The minimum atomic E-state index is -1.10. The molecule has 5 heteroatoms. The second-order valence-electron chi connectivity index (χ2n) is 5.36. The van der Waals surface area contributed by atoms with Crippen LogP contribution < -0.4 is 4.74 Å². The fourth-order valence-corrected chi connectivity index (χ4v) is 2.30. The lowest BCUT2D eigenvalue weighted by molar-refractivity contribution is 0.0842. The highest BCUT2D eigenvalue weighted by atomic mass is 19.1. The van der Waals surface area contributed by atoms with Crippen LogP contribution in [0.1, 0.15) is 5.69 Å². The van der Waals surface area contributed by atoms with Crippen molar-refractivity contribution in [3.8, 4) is 17.0 Å². The van der Waals surface area contributed by atoms with Crippen molar-refractivity contribution in [3.63, 3.8) is 0 Å². The first kappa shape index (κ1) is 15.4. The van der Waals surface area contributed by atoms with Crippen molar-refractivity contribution < 1.29 is 14.2 Å². The van der Waals surface area contributed by atoms with Crippen molar-refractivity contribution in [3.05, 3.63) is 54.4 Å². The number of halogens is 1. The molecule has 3 rings (SSSR count). The van der Waals surface area contributed by atoms with Gasteiger partial charge in [-0.3, -0.25) is 4.98 Å². The number of aliphatic hydroxyl groups excluding tert-OH is 1. The molecule has 0 radical (unpaired) electrons. The fourth-order valence-electron chi connectivity index (χ4n) is 2.30. The number of fused-ring (bicyclic) bond motifs is 1. The summed E-state index contributed by atoms with van der Waals surface area (Å²) < 4.78 is 17.6. The van der Waals surface area contributed by atoms with Gasteiger partial charge in [0.1, 0.15) is 25.1 Å². The zero-order valence-electron chi connectivity index (χ0n) is 12.7. The third kappa shape index (κ3) is 3.63. The highest BCUT2D eigenvalue weighted by Crippen LogP contribution is 2.24. The first-order valence-corrected chi connectivity index (χ1v) is 7.36. The van der Waals surface area contributed by atoms with Crippen molar-refractivity contribution >= 4 is 10.9 Å². The molecule has 0 saturated carbocycles. The van der Waals surface area contributed by atoms with Gasteiger partial charge in [-0.15, -0.1) is 0 Å². The average molecular weight is 312 g/mol. The topological polar surface area (TPSA) is 55.2 Å². The Morgan fingerprint density at radius 3 is 2.83 bits per heavy atom. The number of aryl methyl sites for hydroxylation is 1. The molecule has 0 saturated heterocycles. The number of ether oxygens (including phenoxy) is 1. The lowest BCUT2D eigenvalue weighted by Gasteiger charge is -2.10. The van der Waals surface area contributed by atoms with E-state index in [-0.39, 0.29) is 6.61 Å². The van der Waals surface area contributed by atoms with Gasteiger partial charge in [0.05, 0.1) is 11.2 Å². The van der Waals surface area contributed by atoms with Crippen LogP contribution in [0.2, 0.25) is 0 Å². The molecule has 0 amide bonds. The molecule has 0 aliphatic carbocycles. The average Bonchev–Trinajstić information content (AvgIpc) is 2.59. The van der Waals surface area contributed by atoms with Crippen LogP contribution in [0.5, 0.6) is 5.75 Å². The molecule has 0 aliphatic rings. The van der Waals surface area contributed by atoms with Gasteiger partial charge in [-0.05, 0) is 43.3 Å². The summed E-state index contributed by atoms with van der Waals surface area (Å²) in [7, 11) is 0. The molecule has 0 aliphatic heterocycles. The Bertz CT molecular complexity index is 823. The van der Waals surface area contributed by atoms with E-state index < -0.39 is 12.8 Å². The highest BCUT2D eigenvalue weighted by molar-refractivity contribution is 5.82. The van der Waals surface area contributed by atoms with Crippen LogP contribution >= 0.6 is 0 Å². The van der Waals surface area contributed by atoms with Crippen LogP contribution in [0.3, 0.4) is 0 Å². The number of aliphatic hydroxyl groups is 1. The van der Waals surface area contributed by atoms with E-state index in [2.05, 4.69) is 9.97 Å². The predicted octanol–water partition coefficient (Wildman–Crippen LogP) is 3.31. The molecule has 1 atom stereocenters. The van der Waals surface area contributed by atoms with E-state index in [9.17, 15) is 9.50 Å². The molecular weight excluding hydrogens is 295 g/mol. The Morgan fingerprint density at radius 2 is 2.04 bits per heavy atom. The summed E-state index contributed by atoms with van der Waals surface area (Å²) >= 11 is 0. The van der Waals surface area contributed by atoms with Crippen molar-refractivity contribution in [2.24, 2.45) is 0 Å². The number of aromatic nitrogens is 2. The van der Waals surface area contributed by atoms with E-state index in [0.29, 0.717) is 5.75 Å². The highest BCUT2D eigenvalue weighted by Gasteiger charge is 2.06. The van der Waals surface area contributed by atoms with Gasteiger partial charge >= 0.3 is 0 Å². The van der Waals surface area contributed by atoms with Crippen molar-refractivity contribution in [1.29, 1.82) is 0 Å². The smallest absolute Gasteiger partial charge is 0.120 e. The molecule has 4 nitrogen and oxygen atoms in total. The second-order valence-corrected chi connectivity index (χ2v) is 5.36. The van der Waals surface area contributed by atoms with Crippen LogP contribution in [-0.4, -0.2) is 34.5 Å². The van der Waals surface area contributed by atoms with Crippen molar-refractivity contribution in [1.82, 2.24) is 9.97 Å². The van der Waals surface area contributed by atoms with Crippen LogP contribution in [-0.2, 0) is 0 Å². The van der Waals surface area contributed by atoms with Gasteiger partial charge in [-0.25, -0.2) is 9.37 Å². The van der Waals surface area contributed by atoms with E-state index in [0.717, 1.165) is 27.9 Å². The van der Waals surface area contributed by atoms with Crippen molar-refractivity contribution in [2.75, 3.05) is 13.3 Å². The van der Waals surface area contributed by atoms with E-state index in [1.165, 1.54) is 0 Å². The number of hydrogen-bond donors (Lipinski definition) is 1. The van der Waals surface area contributed by atoms with Gasteiger partial charge in [0.25, 0.3) is 0 Å². The second kappa shape index (κ2) is 6.71. The zero-order valence-corrected chi connectivity index (χ0v) is 12.7. The summed E-state index contributed by atoms with van der Waals surface area (Å²) in [5, 5.41) is 10.1. The molecule has 118 valence electrons. The van der Waals surface area contributed by atoms with Crippen molar-refractivity contribution in [2.45, 2.75) is 13.0 Å². The number of nitrogens with zero attached hydrogens (tertiary/aromatic N) is 2. The first-order chi connectivity index (χ1) is 11.2. The summed E-state index contributed by atoms with van der Waals surface area (Å²) in [4.78, 5) is 8.84. The zero-order chi connectivity index (χ0) is 16.2. The van der Waals surface area contributed by atoms with E-state index in [1.807, 2.05) is 43.3 Å². The summed E-state index contributed by atoms with van der Waals surface area (Å²) in [5.41, 5.74) is 3.69. The lowest BCUT2D eigenvalue weighted by atomic mass is 10.1. The molecule has 23 heavy (non-hydrogen) atoms. The van der Waals surface area contributed by atoms with Crippen LogP contribution in [0.4, 0.5) is 4.39 Å². The normalized spacial score (nSPS) is 12.3. The van der Waals surface area contributed by atoms with Crippen LogP contribution in [0, 0.1) is 6.92 Å². The largest absolute Gasteiger partial charge is 0.491 e. The van der Waals surface area contributed by atoms with Gasteiger partial charge in [0.2, 0.25) is 0 Å².